The molecule has 2 atom stereocenters. The van der Waals surface area contributed by atoms with Crippen LogP contribution in [0.1, 0.15) is 25.5 Å². The highest BCUT2D eigenvalue weighted by molar-refractivity contribution is 5.92. The standard InChI is InChI=1S/C14H16N2O2/c1-3-18-14(17)13(9-15)10-16-11(2)12-7-5-4-6-8-12/h4-8,10-11,13H,3H2,1-2H3/t11-,13-/m0/s1. The van der Waals surface area contributed by atoms with Gasteiger partial charge in [0.05, 0.1) is 18.7 Å². The fourth-order valence-corrected chi connectivity index (χ4v) is 1.41. The van der Waals surface area contributed by atoms with Gasteiger partial charge in [0.25, 0.3) is 0 Å². The number of carbonyl (C=O) groups is 1. The molecule has 4 heteroatoms. The third kappa shape index (κ3) is 4.02. The lowest BCUT2D eigenvalue weighted by atomic mass is 10.1. The number of carbonyl (C=O) groups excluding carboxylic acids is 1. The number of rotatable bonds is 5. The number of esters is 1. The summed E-state index contributed by atoms with van der Waals surface area (Å²) >= 11 is 0. The molecule has 0 aliphatic rings. The number of nitriles is 1. The quantitative estimate of drug-likeness (QED) is 0.590. The van der Waals surface area contributed by atoms with Gasteiger partial charge >= 0.3 is 5.97 Å². The van der Waals surface area contributed by atoms with E-state index in [1.165, 1.54) is 6.21 Å². The summed E-state index contributed by atoms with van der Waals surface area (Å²) in [5.41, 5.74) is 1.04. The molecule has 0 heterocycles. The normalized spacial score (nSPS) is 13.8. The Morgan fingerprint density at radius 3 is 2.72 bits per heavy atom. The Balaban J connectivity index is 2.68. The van der Waals surface area contributed by atoms with Crippen LogP contribution in [0.4, 0.5) is 0 Å². The molecule has 0 aliphatic heterocycles. The van der Waals surface area contributed by atoms with E-state index < -0.39 is 11.9 Å². The summed E-state index contributed by atoms with van der Waals surface area (Å²) in [7, 11) is 0. The van der Waals surface area contributed by atoms with E-state index in [1.54, 1.807) is 6.92 Å². The molecule has 0 unspecified atom stereocenters. The summed E-state index contributed by atoms with van der Waals surface area (Å²) in [6.45, 7) is 3.88. The molecule has 18 heavy (non-hydrogen) atoms. The van der Waals surface area contributed by atoms with Gasteiger partial charge < -0.3 is 4.74 Å². The molecule has 0 saturated heterocycles. The van der Waals surface area contributed by atoms with Crippen LogP contribution in [0.15, 0.2) is 35.3 Å². The molecule has 0 saturated carbocycles. The van der Waals surface area contributed by atoms with Crippen molar-refractivity contribution in [3.8, 4) is 6.07 Å². The van der Waals surface area contributed by atoms with E-state index in [-0.39, 0.29) is 12.6 Å². The smallest absolute Gasteiger partial charge is 0.328 e. The van der Waals surface area contributed by atoms with Gasteiger partial charge in [-0.25, -0.2) is 0 Å². The Kier molecular flexibility index (Phi) is 5.59. The second kappa shape index (κ2) is 7.23. The van der Waals surface area contributed by atoms with Crippen molar-refractivity contribution in [2.24, 2.45) is 10.9 Å². The van der Waals surface area contributed by atoms with Crippen LogP contribution in [0.25, 0.3) is 0 Å². The van der Waals surface area contributed by atoms with Crippen molar-refractivity contribution in [2.45, 2.75) is 19.9 Å². The number of nitrogens with zero attached hydrogens (tertiary/aromatic N) is 2. The predicted octanol–water partition coefficient (Wildman–Crippen LogP) is 2.52. The maximum Gasteiger partial charge on any atom is 0.328 e. The number of hydrogen-bond donors (Lipinski definition) is 0. The van der Waals surface area contributed by atoms with Crippen LogP contribution >= 0.6 is 0 Å². The summed E-state index contributed by atoms with van der Waals surface area (Å²) in [5.74, 6) is -1.49. The minimum atomic E-state index is -0.934. The minimum absolute atomic E-state index is 0.0866. The fourth-order valence-electron chi connectivity index (χ4n) is 1.41. The highest BCUT2D eigenvalue weighted by atomic mass is 16.5. The van der Waals surface area contributed by atoms with E-state index in [2.05, 4.69) is 4.99 Å². The Morgan fingerprint density at radius 2 is 2.17 bits per heavy atom. The zero-order valence-corrected chi connectivity index (χ0v) is 10.5. The molecule has 0 N–H and O–H groups in total. The first-order valence-corrected chi connectivity index (χ1v) is 5.83. The van der Waals surface area contributed by atoms with Gasteiger partial charge in [-0.05, 0) is 19.4 Å². The van der Waals surface area contributed by atoms with Gasteiger partial charge in [0.2, 0.25) is 0 Å². The monoisotopic (exact) mass is 244 g/mol. The molecule has 4 nitrogen and oxygen atoms in total. The van der Waals surface area contributed by atoms with Crippen molar-refractivity contribution < 1.29 is 9.53 Å². The Bertz CT molecular complexity index is 449. The van der Waals surface area contributed by atoms with Crippen molar-refractivity contribution in [1.82, 2.24) is 0 Å². The molecule has 0 radical (unpaired) electrons. The SMILES string of the molecule is CCOC(=O)[C@@H](C#N)C=N[C@@H](C)c1ccccc1. The average molecular weight is 244 g/mol. The largest absolute Gasteiger partial charge is 0.465 e. The zero-order chi connectivity index (χ0) is 13.4. The van der Waals surface area contributed by atoms with Crippen LogP contribution in [0.5, 0.6) is 0 Å². The molecule has 0 aliphatic carbocycles. The topological polar surface area (TPSA) is 62.5 Å². The summed E-state index contributed by atoms with van der Waals surface area (Å²) in [6, 6.07) is 11.5. The number of hydrogen-bond acceptors (Lipinski definition) is 4. The Hall–Kier alpha value is -2.15. The first-order chi connectivity index (χ1) is 8.69. The summed E-state index contributed by atoms with van der Waals surface area (Å²) in [5, 5.41) is 8.86. The van der Waals surface area contributed by atoms with Crippen molar-refractivity contribution in [2.75, 3.05) is 6.61 Å². The maximum absolute atomic E-state index is 11.4. The minimum Gasteiger partial charge on any atom is -0.465 e. The third-order valence-electron chi connectivity index (χ3n) is 2.42. The summed E-state index contributed by atoms with van der Waals surface area (Å²) in [4.78, 5) is 15.6. The van der Waals surface area contributed by atoms with Gasteiger partial charge in [-0.3, -0.25) is 9.79 Å². The lowest BCUT2D eigenvalue weighted by Gasteiger charge is -2.07. The first-order valence-electron chi connectivity index (χ1n) is 5.83. The zero-order valence-electron chi connectivity index (χ0n) is 10.5. The molecule has 0 aromatic heterocycles. The highest BCUT2D eigenvalue weighted by Crippen LogP contribution is 2.15. The lowest BCUT2D eigenvalue weighted by molar-refractivity contribution is -0.143. The lowest BCUT2D eigenvalue weighted by Crippen LogP contribution is -2.17. The molecular weight excluding hydrogens is 228 g/mol. The second-order valence-electron chi connectivity index (χ2n) is 3.74. The van der Waals surface area contributed by atoms with Crippen LogP contribution < -0.4 is 0 Å². The first kappa shape index (κ1) is 13.9. The van der Waals surface area contributed by atoms with E-state index in [0.717, 1.165) is 5.56 Å². The van der Waals surface area contributed by atoms with Crippen LogP contribution in [-0.2, 0) is 9.53 Å². The summed E-state index contributed by atoms with van der Waals surface area (Å²) < 4.78 is 4.78. The van der Waals surface area contributed by atoms with Crippen LogP contribution in [-0.4, -0.2) is 18.8 Å². The highest BCUT2D eigenvalue weighted by Gasteiger charge is 2.16. The molecule has 1 aromatic rings. The van der Waals surface area contributed by atoms with Crippen molar-refractivity contribution >= 4 is 12.2 Å². The van der Waals surface area contributed by atoms with Crippen LogP contribution in [0.3, 0.4) is 0 Å². The van der Waals surface area contributed by atoms with Crippen LogP contribution in [0, 0.1) is 17.2 Å². The van der Waals surface area contributed by atoms with Gasteiger partial charge in [0.15, 0.2) is 5.92 Å². The van der Waals surface area contributed by atoms with E-state index >= 15 is 0 Å². The molecule has 1 aromatic carbocycles. The van der Waals surface area contributed by atoms with Gasteiger partial charge in [-0.2, -0.15) is 5.26 Å². The van der Waals surface area contributed by atoms with Crippen molar-refractivity contribution in [3.63, 3.8) is 0 Å². The van der Waals surface area contributed by atoms with Gasteiger partial charge in [-0.1, -0.05) is 30.3 Å². The molecule has 1 rings (SSSR count). The molecule has 0 spiro atoms. The third-order valence-corrected chi connectivity index (χ3v) is 2.42. The van der Waals surface area contributed by atoms with Gasteiger partial charge in [-0.15, -0.1) is 0 Å². The van der Waals surface area contributed by atoms with Crippen molar-refractivity contribution in [1.29, 1.82) is 5.26 Å². The maximum atomic E-state index is 11.4. The van der Waals surface area contributed by atoms with Gasteiger partial charge in [0, 0.05) is 6.21 Å². The van der Waals surface area contributed by atoms with Gasteiger partial charge in [0.1, 0.15) is 0 Å². The van der Waals surface area contributed by atoms with Crippen molar-refractivity contribution in [3.05, 3.63) is 35.9 Å². The average Bonchev–Trinajstić information content (AvgIpc) is 2.40. The van der Waals surface area contributed by atoms with Crippen LogP contribution in [0.2, 0.25) is 0 Å². The van der Waals surface area contributed by atoms with E-state index in [1.807, 2.05) is 43.3 Å². The van der Waals surface area contributed by atoms with E-state index in [4.69, 9.17) is 10.00 Å². The molecule has 0 fully saturated rings. The molecule has 0 amide bonds. The second-order valence-corrected chi connectivity index (χ2v) is 3.74. The number of ether oxygens (including phenoxy) is 1. The molecular formula is C14H16N2O2. The number of benzene rings is 1. The molecule has 0 bridgehead atoms. The Labute approximate surface area is 107 Å². The summed E-state index contributed by atoms with van der Waals surface area (Å²) in [6.07, 6.45) is 1.36. The predicted molar refractivity (Wildman–Crippen MR) is 69.1 cm³/mol. The van der Waals surface area contributed by atoms with E-state index in [9.17, 15) is 4.79 Å². The number of aliphatic imine (C=N–C) groups is 1. The Morgan fingerprint density at radius 1 is 1.50 bits per heavy atom. The fraction of sp³-hybridized carbons (Fsp3) is 0.357. The molecule has 94 valence electrons. The van der Waals surface area contributed by atoms with E-state index in [0.29, 0.717) is 0 Å².